The van der Waals surface area contributed by atoms with Gasteiger partial charge in [0.05, 0.1) is 6.42 Å². The van der Waals surface area contributed by atoms with Crippen LogP contribution >= 0.6 is 11.8 Å². The normalized spacial score (nSPS) is 22.9. The summed E-state index contributed by atoms with van der Waals surface area (Å²) in [6.45, 7) is 4.61. The molecule has 5 rings (SSSR count). The molecule has 2 aromatic carbocycles. The lowest BCUT2D eigenvalue weighted by Crippen LogP contribution is -2.61. The lowest BCUT2D eigenvalue weighted by molar-refractivity contribution is -0.136. The number of hydrogen-bond acceptors (Lipinski definition) is 5. The Kier molecular flexibility index (Phi) is 5.61. The Balaban J connectivity index is 1.55. The smallest absolute Gasteiger partial charge is 0.305 e. The minimum atomic E-state index is -0.865. The monoisotopic (exact) mass is 474 g/mol. The van der Waals surface area contributed by atoms with Crippen LogP contribution in [0.3, 0.4) is 0 Å². The maximum atomic E-state index is 11.4. The Hall–Kier alpha value is -2.96. The number of carboxylic acid groups (broad SMARTS) is 1. The van der Waals surface area contributed by atoms with Gasteiger partial charge < -0.3 is 20.8 Å². The molecule has 0 saturated heterocycles. The average molecular weight is 475 g/mol. The zero-order valence-corrected chi connectivity index (χ0v) is 20.4. The lowest BCUT2D eigenvalue weighted by Gasteiger charge is -2.43. The molecule has 0 fully saturated rings. The number of anilines is 1. The van der Waals surface area contributed by atoms with Crippen LogP contribution in [0.25, 0.3) is 6.08 Å². The van der Waals surface area contributed by atoms with Crippen LogP contribution in [-0.4, -0.2) is 28.4 Å². The number of hydrogen-bond donors (Lipinski definition) is 3. The van der Waals surface area contributed by atoms with Crippen molar-refractivity contribution in [2.24, 2.45) is 5.73 Å². The highest BCUT2D eigenvalue weighted by atomic mass is 32.2. The van der Waals surface area contributed by atoms with Crippen LogP contribution in [0.15, 0.2) is 75.6 Å². The number of rotatable bonds is 5. The third kappa shape index (κ3) is 3.65. The van der Waals surface area contributed by atoms with E-state index in [-0.39, 0.29) is 12.2 Å². The molecule has 0 bridgehead atoms. The van der Waals surface area contributed by atoms with Crippen LogP contribution in [0.5, 0.6) is 5.75 Å². The lowest BCUT2D eigenvalue weighted by atomic mass is 9.75. The number of aliphatic carboxylic acids is 1. The molecule has 0 aromatic heterocycles. The predicted octanol–water partition coefficient (Wildman–Crippen LogP) is 5.80. The van der Waals surface area contributed by atoms with Gasteiger partial charge in [-0.15, -0.1) is 0 Å². The van der Waals surface area contributed by atoms with Crippen molar-refractivity contribution in [3.8, 4) is 5.75 Å². The van der Waals surface area contributed by atoms with E-state index in [1.807, 2.05) is 30.3 Å². The van der Waals surface area contributed by atoms with E-state index < -0.39 is 17.0 Å². The first kappa shape index (κ1) is 22.8. The van der Waals surface area contributed by atoms with Gasteiger partial charge in [-0.05, 0) is 71.9 Å². The minimum Gasteiger partial charge on any atom is -0.508 e. The molecular weight excluding hydrogens is 444 g/mol. The minimum absolute atomic E-state index is 0.0220. The first-order chi connectivity index (χ1) is 16.2. The summed E-state index contributed by atoms with van der Waals surface area (Å²) in [5, 5.41) is 19.3. The van der Waals surface area contributed by atoms with Crippen molar-refractivity contribution in [2.45, 2.75) is 55.5 Å². The summed E-state index contributed by atoms with van der Waals surface area (Å²) in [6.07, 6.45) is 9.57. The van der Waals surface area contributed by atoms with Crippen molar-refractivity contribution >= 4 is 29.5 Å². The highest BCUT2D eigenvalue weighted by Crippen LogP contribution is 2.51. The molecule has 6 heteroatoms. The topological polar surface area (TPSA) is 86.8 Å². The summed E-state index contributed by atoms with van der Waals surface area (Å²) in [7, 11) is 0. The van der Waals surface area contributed by atoms with Crippen molar-refractivity contribution in [2.75, 3.05) is 11.4 Å². The molecule has 2 heterocycles. The number of nitrogens with two attached hydrogens (primary N) is 1. The Morgan fingerprint density at radius 2 is 2.00 bits per heavy atom. The van der Waals surface area contributed by atoms with E-state index in [4.69, 9.17) is 5.73 Å². The SMILES string of the molecule is CC1(C)c2ccccc2N(CCC(=O)O)C1(N)C=CC1=C2Sc3cc(O)ccc3C=C2CCC1. The Bertz CT molecular complexity index is 1260. The quantitative estimate of drug-likeness (QED) is 0.507. The third-order valence-corrected chi connectivity index (χ3v) is 8.72. The van der Waals surface area contributed by atoms with Gasteiger partial charge in [0, 0.05) is 27.4 Å². The molecular formula is C28H30N2O3S. The van der Waals surface area contributed by atoms with Crippen LogP contribution in [-0.2, 0) is 10.2 Å². The average Bonchev–Trinajstić information content (AvgIpc) is 2.97. The highest BCUT2D eigenvalue weighted by molar-refractivity contribution is 8.03. The van der Waals surface area contributed by atoms with E-state index in [0.29, 0.717) is 6.54 Å². The Labute approximate surface area is 204 Å². The van der Waals surface area contributed by atoms with Crippen molar-refractivity contribution in [3.05, 3.63) is 81.8 Å². The number of para-hydroxylation sites is 1. The Morgan fingerprint density at radius 3 is 2.79 bits per heavy atom. The number of phenols is 1. The first-order valence-corrected chi connectivity index (χ1v) is 12.5. The number of fused-ring (bicyclic) bond motifs is 3. The van der Waals surface area contributed by atoms with Gasteiger partial charge >= 0.3 is 5.97 Å². The number of allylic oxidation sites excluding steroid dienone is 3. The van der Waals surface area contributed by atoms with Gasteiger partial charge in [-0.3, -0.25) is 4.79 Å². The molecule has 5 nitrogen and oxygen atoms in total. The molecule has 2 aromatic rings. The van der Waals surface area contributed by atoms with Crippen LogP contribution in [0.4, 0.5) is 5.69 Å². The zero-order chi connectivity index (χ0) is 24.1. The van der Waals surface area contributed by atoms with Gasteiger partial charge in [0.25, 0.3) is 0 Å². The van der Waals surface area contributed by atoms with E-state index >= 15 is 0 Å². The summed E-state index contributed by atoms with van der Waals surface area (Å²) in [4.78, 5) is 15.8. The molecule has 2 aliphatic heterocycles. The number of aromatic hydroxyl groups is 1. The molecule has 176 valence electrons. The highest BCUT2D eigenvalue weighted by Gasteiger charge is 2.52. The molecule has 0 spiro atoms. The van der Waals surface area contributed by atoms with Crippen LogP contribution in [0, 0.1) is 0 Å². The Morgan fingerprint density at radius 1 is 1.21 bits per heavy atom. The first-order valence-electron chi connectivity index (χ1n) is 11.7. The number of phenolic OH excluding ortho intramolecular Hbond substituents is 1. The van der Waals surface area contributed by atoms with Crippen LogP contribution in [0.2, 0.25) is 0 Å². The second-order valence-electron chi connectivity index (χ2n) is 9.80. The molecule has 4 N–H and O–H groups in total. The van der Waals surface area contributed by atoms with Gasteiger partial charge in [0.15, 0.2) is 0 Å². The fraction of sp³-hybridized carbons (Fsp3) is 0.321. The molecule has 34 heavy (non-hydrogen) atoms. The maximum Gasteiger partial charge on any atom is 0.305 e. The van der Waals surface area contributed by atoms with Crippen molar-refractivity contribution in [3.63, 3.8) is 0 Å². The zero-order valence-electron chi connectivity index (χ0n) is 19.5. The number of benzene rings is 2. The third-order valence-electron chi connectivity index (χ3n) is 7.42. The standard InChI is InChI=1S/C28H30N2O3S/c1-27(2)22-8-3-4-9-23(22)30(15-13-25(32)33)28(27,29)14-12-18-6-5-7-20-16-19-10-11-21(31)17-24(19)34-26(18)20/h3-4,8-12,14,16-17,31H,5-7,13,15,29H2,1-2H3,(H,32,33). The molecule has 1 atom stereocenters. The molecule has 1 unspecified atom stereocenters. The summed E-state index contributed by atoms with van der Waals surface area (Å²) in [6, 6.07) is 13.6. The fourth-order valence-corrected chi connectivity index (χ4v) is 6.63. The van der Waals surface area contributed by atoms with E-state index in [1.165, 1.54) is 16.1 Å². The maximum absolute atomic E-state index is 11.4. The fourth-order valence-electron chi connectivity index (χ4n) is 5.39. The number of nitrogens with zero attached hydrogens (tertiary/aromatic N) is 1. The summed E-state index contributed by atoms with van der Waals surface area (Å²) < 4.78 is 0. The molecule has 0 amide bonds. The van der Waals surface area contributed by atoms with Gasteiger partial charge in [-0.2, -0.15) is 0 Å². The van der Waals surface area contributed by atoms with E-state index in [9.17, 15) is 15.0 Å². The van der Waals surface area contributed by atoms with Crippen molar-refractivity contribution in [1.82, 2.24) is 0 Å². The van der Waals surface area contributed by atoms with Crippen molar-refractivity contribution in [1.29, 1.82) is 0 Å². The van der Waals surface area contributed by atoms with E-state index in [0.717, 1.165) is 41.0 Å². The van der Waals surface area contributed by atoms with E-state index in [1.54, 1.807) is 17.8 Å². The van der Waals surface area contributed by atoms with Crippen molar-refractivity contribution < 1.29 is 15.0 Å². The summed E-state index contributed by atoms with van der Waals surface area (Å²) in [5.74, 6) is -0.557. The molecule has 1 aliphatic carbocycles. The van der Waals surface area contributed by atoms with Gasteiger partial charge in [0.2, 0.25) is 0 Å². The second-order valence-corrected chi connectivity index (χ2v) is 10.9. The van der Waals surface area contributed by atoms with Gasteiger partial charge in [-0.25, -0.2) is 0 Å². The summed E-state index contributed by atoms with van der Waals surface area (Å²) >= 11 is 1.71. The predicted molar refractivity (Wildman–Crippen MR) is 138 cm³/mol. The van der Waals surface area contributed by atoms with Gasteiger partial charge in [-0.1, -0.05) is 56.0 Å². The second kappa shape index (κ2) is 8.36. The number of carbonyl (C=O) groups is 1. The number of carboxylic acids is 1. The van der Waals surface area contributed by atoms with Crippen LogP contribution < -0.4 is 10.6 Å². The van der Waals surface area contributed by atoms with Crippen LogP contribution in [0.1, 0.15) is 50.7 Å². The molecule has 0 saturated carbocycles. The largest absolute Gasteiger partial charge is 0.508 e. The molecule has 3 aliphatic rings. The summed E-state index contributed by atoms with van der Waals surface area (Å²) in [5.41, 5.74) is 11.7. The number of thioether (sulfide) groups is 1. The van der Waals surface area contributed by atoms with Gasteiger partial charge in [0.1, 0.15) is 11.4 Å². The molecule has 0 radical (unpaired) electrons. The van der Waals surface area contributed by atoms with E-state index in [2.05, 4.69) is 43.0 Å².